The minimum atomic E-state index is -0.492. The fourth-order valence-corrected chi connectivity index (χ4v) is 2.51. The summed E-state index contributed by atoms with van der Waals surface area (Å²) in [4.78, 5) is 23.3. The average Bonchev–Trinajstić information content (AvgIpc) is 2.67. The lowest BCUT2D eigenvalue weighted by atomic mass is 10.0. The number of anilines is 1. The Labute approximate surface area is 150 Å². The minimum Gasteiger partial charge on any atom is -0.322 e. The summed E-state index contributed by atoms with van der Waals surface area (Å²) in [5, 5.41) is 13.7. The molecule has 0 atom stereocenters. The topological polar surface area (TPSA) is 72.2 Å². The van der Waals surface area contributed by atoms with Gasteiger partial charge >= 0.3 is 0 Å². The molecule has 1 N–H and O–H groups in total. The zero-order valence-electron chi connectivity index (χ0n) is 13.8. The molecule has 128 valence electrons. The first kappa shape index (κ1) is 17.1. The number of non-ortho nitro benzene ring substituents is 1. The van der Waals surface area contributed by atoms with Crippen LogP contribution in [-0.4, -0.2) is 10.8 Å². The highest BCUT2D eigenvalue weighted by atomic mass is 16.6. The van der Waals surface area contributed by atoms with Crippen LogP contribution in [0.25, 0.3) is 11.6 Å². The molecule has 0 aliphatic heterocycles. The summed E-state index contributed by atoms with van der Waals surface area (Å²) in [5.41, 5.74) is 2.43. The van der Waals surface area contributed by atoms with Gasteiger partial charge in [0.2, 0.25) is 0 Å². The molecule has 0 aliphatic rings. The third-order valence-corrected chi connectivity index (χ3v) is 3.75. The van der Waals surface area contributed by atoms with Crippen molar-refractivity contribution in [2.75, 3.05) is 5.32 Å². The second-order valence-corrected chi connectivity index (χ2v) is 5.60. The molecule has 0 saturated carbocycles. The van der Waals surface area contributed by atoms with Crippen LogP contribution in [0.5, 0.6) is 0 Å². The molecule has 0 aliphatic carbocycles. The molecule has 0 bridgehead atoms. The Morgan fingerprint density at radius 2 is 1.54 bits per heavy atom. The van der Waals surface area contributed by atoms with Crippen molar-refractivity contribution in [1.82, 2.24) is 0 Å². The van der Waals surface area contributed by atoms with Gasteiger partial charge in [-0.1, -0.05) is 66.7 Å². The maximum atomic E-state index is 12.8. The molecule has 0 saturated heterocycles. The molecule has 3 rings (SSSR count). The predicted molar refractivity (Wildman–Crippen MR) is 102 cm³/mol. The van der Waals surface area contributed by atoms with E-state index in [4.69, 9.17) is 0 Å². The standard InChI is InChI=1S/C21H16N2O3/c24-21(22-18-12-7-13-19(15-18)23(25)26)20(17-10-5-2-6-11-17)14-16-8-3-1-4-9-16/h1-15H,(H,22,24)/b20-14+. The second kappa shape index (κ2) is 7.90. The lowest BCUT2D eigenvalue weighted by Gasteiger charge is -2.10. The second-order valence-electron chi connectivity index (χ2n) is 5.60. The van der Waals surface area contributed by atoms with Crippen molar-refractivity contribution in [3.05, 3.63) is 106 Å². The van der Waals surface area contributed by atoms with E-state index in [9.17, 15) is 14.9 Å². The normalized spacial score (nSPS) is 11.0. The monoisotopic (exact) mass is 344 g/mol. The van der Waals surface area contributed by atoms with E-state index >= 15 is 0 Å². The highest BCUT2D eigenvalue weighted by Crippen LogP contribution is 2.22. The summed E-state index contributed by atoms with van der Waals surface area (Å²) in [6, 6.07) is 24.7. The zero-order chi connectivity index (χ0) is 18.4. The van der Waals surface area contributed by atoms with E-state index in [1.165, 1.54) is 18.2 Å². The number of rotatable bonds is 5. The van der Waals surface area contributed by atoms with Gasteiger partial charge in [-0.25, -0.2) is 0 Å². The molecule has 26 heavy (non-hydrogen) atoms. The number of nitro groups is 1. The van der Waals surface area contributed by atoms with E-state index < -0.39 is 4.92 Å². The van der Waals surface area contributed by atoms with Crippen molar-refractivity contribution in [2.24, 2.45) is 0 Å². The van der Waals surface area contributed by atoms with Gasteiger partial charge in [0.1, 0.15) is 0 Å². The largest absolute Gasteiger partial charge is 0.322 e. The van der Waals surface area contributed by atoms with Crippen LogP contribution in [-0.2, 0) is 4.79 Å². The lowest BCUT2D eigenvalue weighted by Crippen LogP contribution is -2.13. The molecule has 1 amide bonds. The van der Waals surface area contributed by atoms with Crippen molar-refractivity contribution in [1.29, 1.82) is 0 Å². The third kappa shape index (κ3) is 4.21. The number of nitrogens with one attached hydrogen (secondary N) is 1. The van der Waals surface area contributed by atoms with Gasteiger partial charge in [-0.3, -0.25) is 14.9 Å². The first-order valence-corrected chi connectivity index (χ1v) is 8.01. The van der Waals surface area contributed by atoms with Gasteiger partial charge in [0.25, 0.3) is 11.6 Å². The third-order valence-electron chi connectivity index (χ3n) is 3.75. The number of benzene rings is 3. The van der Waals surface area contributed by atoms with Gasteiger partial charge < -0.3 is 5.32 Å². The number of carbonyl (C=O) groups is 1. The lowest BCUT2D eigenvalue weighted by molar-refractivity contribution is -0.384. The Balaban J connectivity index is 1.94. The van der Waals surface area contributed by atoms with Crippen LogP contribution >= 0.6 is 0 Å². The van der Waals surface area contributed by atoms with E-state index in [0.717, 1.165) is 11.1 Å². The molecule has 0 unspecified atom stereocenters. The van der Waals surface area contributed by atoms with E-state index in [-0.39, 0.29) is 11.6 Å². The molecule has 5 nitrogen and oxygen atoms in total. The van der Waals surface area contributed by atoms with Gasteiger partial charge in [0.05, 0.1) is 4.92 Å². The summed E-state index contributed by atoms with van der Waals surface area (Å²) in [6.45, 7) is 0. The molecule has 0 fully saturated rings. The van der Waals surface area contributed by atoms with Crippen LogP contribution in [0.1, 0.15) is 11.1 Å². The molecule has 0 radical (unpaired) electrons. The SMILES string of the molecule is O=C(Nc1cccc([N+](=O)[O-])c1)/C(=C/c1ccccc1)c1ccccc1. The quantitative estimate of drug-likeness (QED) is 0.313. The molecular formula is C21H16N2O3. The van der Waals surface area contributed by atoms with Gasteiger partial charge in [0.15, 0.2) is 0 Å². The molecular weight excluding hydrogens is 328 g/mol. The zero-order valence-corrected chi connectivity index (χ0v) is 13.8. The molecule has 5 heteroatoms. The summed E-state index contributed by atoms with van der Waals surface area (Å²) in [5.74, 6) is -0.333. The van der Waals surface area contributed by atoms with Crippen LogP contribution in [0, 0.1) is 10.1 Å². The summed E-state index contributed by atoms with van der Waals surface area (Å²) in [7, 11) is 0. The van der Waals surface area contributed by atoms with E-state index in [1.807, 2.05) is 60.7 Å². The Morgan fingerprint density at radius 1 is 0.885 bits per heavy atom. The maximum Gasteiger partial charge on any atom is 0.271 e. The van der Waals surface area contributed by atoms with Crippen LogP contribution in [0.2, 0.25) is 0 Å². The summed E-state index contributed by atoms with van der Waals surface area (Å²) < 4.78 is 0. The Kier molecular flexibility index (Phi) is 5.19. The number of carbonyl (C=O) groups excluding carboxylic acids is 1. The van der Waals surface area contributed by atoms with Gasteiger partial charge in [-0.2, -0.15) is 0 Å². The first-order chi connectivity index (χ1) is 12.6. The van der Waals surface area contributed by atoms with Gasteiger partial charge in [-0.05, 0) is 23.3 Å². The minimum absolute atomic E-state index is 0.0731. The van der Waals surface area contributed by atoms with Crippen molar-refractivity contribution >= 4 is 28.9 Å². The average molecular weight is 344 g/mol. The van der Waals surface area contributed by atoms with Crippen LogP contribution < -0.4 is 5.32 Å². The smallest absolute Gasteiger partial charge is 0.271 e. The Morgan fingerprint density at radius 3 is 2.19 bits per heavy atom. The number of amides is 1. The fourth-order valence-electron chi connectivity index (χ4n) is 2.51. The summed E-state index contributed by atoms with van der Waals surface area (Å²) >= 11 is 0. The number of nitrogens with zero attached hydrogens (tertiary/aromatic N) is 1. The fraction of sp³-hybridized carbons (Fsp3) is 0. The van der Waals surface area contributed by atoms with Crippen LogP contribution in [0.15, 0.2) is 84.9 Å². The highest BCUT2D eigenvalue weighted by Gasteiger charge is 2.14. The summed E-state index contributed by atoms with van der Waals surface area (Å²) in [6.07, 6.45) is 1.79. The van der Waals surface area contributed by atoms with Crippen molar-refractivity contribution in [3.8, 4) is 0 Å². The molecule has 0 spiro atoms. The predicted octanol–water partition coefficient (Wildman–Crippen LogP) is 4.77. The van der Waals surface area contributed by atoms with Gasteiger partial charge in [0, 0.05) is 23.4 Å². The van der Waals surface area contributed by atoms with Crippen molar-refractivity contribution in [3.63, 3.8) is 0 Å². The molecule has 3 aromatic carbocycles. The Hall–Kier alpha value is -3.73. The number of hydrogen-bond acceptors (Lipinski definition) is 3. The molecule has 0 heterocycles. The van der Waals surface area contributed by atoms with E-state index in [2.05, 4.69) is 5.32 Å². The number of nitro benzene ring substituents is 1. The van der Waals surface area contributed by atoms with E-state index in [1.54, 1.807) is 12.1 Å². The number of hydrogen-bond donors (Lipinski definition) is 1. The molecule has 3 aromatic rings. The maximum absolute atomic E-state index is 12.8. The van der Waals surface area contributed by atoms with Crippen LogP contribution in [0.3, 0.4) is 0 Å². The van der Waals surface area contributed by atoms with Crippen LogP contribution in [0.4, 0.5) is 11.4 Å². The van der Waals surface area contributed by atoms with Crippen molar-refractivity contribution in [2.45, 2.75) is 0 Å². The van der Waals surface area contributed by atoms with Crippen molar-refractivity contribution < 1.29 is 9.72 Å². The van der Waals surface area contributed by atoms with Gasteiger partial charge in [-0.15, -0.1) is 0 Å². The van der Waals surface area contributed by atoms with E-state index in [0.29, 0.717) is 11.3 Å². The highest BCUT2D eigenvalue weighted by molar-refractivity contribution is 6.29. The molecule has 0 aromatic heterocycles. The first-order valence-electron chi connectivity index (χ1n) is 8.01. The Bertz CT molecular complexity index is 951.